The summed E-state index contributed by atoms with van der Waals surface area (Å²) in [5, 5.41) is 0. The van der Waals surface area contributed by atoms with Crippen LogP contribution in [0.3, 0.4) is 0 Å². The topological polar surface area (TPSA) is 97.3 Å². The number of pyridine rings is 1. The van der Waals surface area contributed by atoms with E-state index in [0.717, 1.165) is 11.5 Å². The molecule has 8 nitrogen and oxygen atoms in total. The maximum Gasteiger partial charge on any atom is 0.268 e. The maximum absolute atomic E-state index is 13.2. The number of halogens is 1. The Morgan fingerprint density at radius 2 is 1.71 bits per heavy atom. The van der Waals surface area contributed by atoms with Gasteiger partial charge in [-0.3, -0.25) is 14.2 Å². The molecular formula is C22H23FN6O2. The lowest BCUT2D eigenvalue weighted by Crippen LogP contribution is -2.50. The van der Waals surface area contributed by atoms with Gasteiger partial charge in [0.2, 0.25) is 5.95 Å². The molecule has 0 spiro atoms. The van der Waals surface area contributed by atoms with Crippen molar-refractivity contribution in [3.05, 3.63) is 75.6 Å². The van der Waals surface area contributed by atoms with Crippen LogP contribution in [0.15, 0.2) is 47.4 Å². The van der Waals surface area contributed by atoms with Crippen LogP contribution in [0.5, 0.6) is 0 Å². The highest BCUT2D eigenvalue weighted by Crippen LogP contribution is 2.18. The number of benzene rings is 1. The fraction of sp³-hybridized carbons (Fsp3) is 0.273. The number of hydrogen-bond acceptors (Lipinski definition) is 6. The Morgan fingerprint density at radius 1 is 1.03 bits per heavy atom. The van der Waals surface area contributed by atoms with Crippen LogP contribution >= 0.6 is 0 Å². The average molecular weight is 422 g/mol. The van der Waals surface area contributed by atoms with Gasteiger partial charge in [-0.1, -0.05) is 0 Å². The number of carbonyl (C=O) groups excluding carboxylic acids is 1. The lowest BCUT2D eigenvalue weighted by molar-refractivity contribution is 0.0743. The largest absolute Gasteiger partial charge is 0.368 e. The molecule has 1 aromatic carbocycles. The number of carbonyl (C=O) groups is 1. The summed E-state index contributed by atoms with van der Waals surface area (Å²) < 4.78 is 14.6. The van der Waals surface area contributed by atoms with E-state index in [1.54, 1.807) is 24.1 Å². The van der Waals surface area contributed by atoms with Crippen molar-refractivity contribution >= 4 is 17.7 Å². The number of nitrogens with two attached hydrogens (primary N) is 1. The van der Waals surface area contributed by atoms with Crippen LogP contribution in [0.4, 0.5) is 16.2 Å². The predicted molar refractivity (Wildman–Crippen MR) is 116 cm³/mol. The number of piperazine rings is 1. The number of nitrogen functional groups attached to an aromatic ring is 1. The van der Waals surface area contributed by atoms with Crippen LogP contribution in [0.1, 0.15) is 21.6 Å². The second kappa shape index (κ2) is 8.17. The first kappa shape index (κ1) is 20.5. The minimum Gasteiger partial charge on any atom is -0.368 e. The zero-order valence-electron chi connectivity index (χ0n) is 17.4. The maximum atomic E-state index is 13.2. The number of hydrogen-bond donors (Lipinski definition) is 1. The molecule has 31 heavy (non-hydrogen) atoms. The second-order valence-corrected chi connectivity index (χ2v) is 7.53. The van der Waals surface area contributed by atoms with Crippen LogP contribution in [-0.2, 0) is 0 Å². The predicted octanol–water partition coefficient (Wildman–Crippen LogP) is 1.93. The Kier molecular flexibility index (Phi) is 5.41. The summed E-state index contributed by atoms with van der Waals surface area (Å²) in [5.74, 6) is 0.247. The Bertz CT molecular complexity index is 1160. The minimum absolute atomic E-state index is 0.127. The molecule has 0 radical (unpaired) electrons. The summed E-state index contributed by atoms with van der Waals surface area (Å²) in [6, 6.07) is 9.16. The number of aromatic nitrogens is 3. The summed E-state index contributed by atoms with van der Waals surface area (Å²) in [6.07, 6.45) is 1.60. The molecule has 1 aliphatic heterocycles. The molecule has 3 aromatic rings. The third-order valence-corrected chi connectivity index (χ3v) is 5.37. The lowest BCUT2D eigenvalue weighted by atomic mass is 10.1. The molecule has 1 amide bonds. The first-order chi connectivity index (χ1) is 14.8. The molecule has 1 fully saturated rings. The monoisotopic (exact) mass is 422 g/mol. The fourth-order valence-electron chi connectivity index (χ4n) is 3.72. The molecule has 0 saturated carbocycles. The summed E-state index contributed by atoms with van der Waals surface area (Å²) in [5.41, 5.74) is 7.35. The highest BCUT2D eigenvalue weighted by molar-refractivity contribution is 5.95. The van der Waals surface area contributed by atoms with Gasteiger partial charge in [-0.05, 0) is 49.7 Å². The fourth-order valence-corrected chi connectivity index (χ4v) is 3.72. The van der Waals surface area contributed by atoms with Gasteiger partial charge in [0.1, 0.15) is 17.2 Å². The van der Waals surface area contributed by atoms with Crippen molar-refractivity contribution in [3.8, 4) is 5.69 Å². The molecule has 0 bridgehead atoms. The number of rotatable bonds is 3. The second-order valence-electron chi connectivity index (χ2n) is 7.53. The summed E-state index contributed by atoms with van der Waals surface area (Å²) >= 11 is 0. The van der Waals surface area contributed by atoms with Crippen LogP contribution in [0, 0.1) is 19.7 Å². The normalized spacial score (nSPS) is 14.0. The van der Waals surface area contributed by atoms with E-state index in [0.29, 0.717) is 37.4 Å². The van der Waals surface area contributed by atoms with Gasteiger partial charge >= 0.3 is 0 Å². The molecule has 160 valence electrons. The van der Waals surface area contributed by atoms with E-state index in [9.17, 15) is 14.0 Å². The van der Waals surface area contributed by atoms with E-state index in [2.05, 4.69) is 9.97 Å². The Labute approximate surface area is 178 Å². The SMILES string of the molecule is Cc1cc(N2CCN(C(=O)c3c(C)ccn(-c4ccc(F)cc4)c3=O)CC2)nc(N)n1. The standard InChI is InChI=1S/C22H23FN6O2/c1-14-7-8-29(17-5-3-16(23)4-6-17)21(31)19(14)20(30)28-11-9-27(10-12-28)18-13-15(2)25-22(24)26-18/h3-8,13H,9-12H2,1-2H3,(H2,24,25,26). The molecule has 0 unspecified atom stereocenters. The van der Waals surface area contributed by atoms with Gasteiger partial charge in [0.15, 0.2) is 0 Å². The van der Waals surface area contributed by atoms with Gasteiger partial charge in [-0.2, -0.15) is 4.98 Å². The Hall–Kier alpha value is -3.75. The zero-order valence-corrected chi connectivity index (χ0v) is 17.4. The van der Waals surface area contributed by atoms with E-state index in [-0.39, 0.29) is 17.4 Å². The van der Waals surface area contributed by atoms with Crippen molar-refractivity contribution in [1.82, 2.24) is 19.4 Å². The number of aryl methyl sites for hydroxylation is 2. The van der Waals surface area contributed by atoms with Crippen LogP contribution in [0.25, 0.3) is 5.69 Å². The molecule has 2 N–H and O–H groups in total. The van der Waals surface area contributed by atoms with Crippen LogP contribution < -0.4 is 16.2 Å². The van der Waals surface area contributed by atoms with Gasteiger partial charge in [0, 0.05) is 49.8 Å². The van der Waals surface area contributed by atoms with E-state index in [1.165, 1.54) is 28.8 Å². The van der Waals surface area contributed by atoms with Crippen molar-refractivity contribution in [3.63, 3.8) is 0 Å². The quantitative estimate of drug-likeness (QED) is 0.693. The Morgan fingerprint density at radius 3 is 2.35 bits per heavy atom. The molecular weight excluding hydrogens is 399 g/mol. The first-order valence-electron chi connectivity index (χ1n) is 9.97. The van der Waals surface area contributed by atoms with E-state index >= 15 is 0 Å². The molecule has 1 saturated heterocycles. The third-order valence-electron chi connectivity index (χ3n) is 5.37. The van der Waals surface area contributed by atoms with Gasteiger partial charge in [-0.15, -0.1) is 0 Å². The van der Waals surface area contributed by atoms with E-state index in [1.807, 2.05) is 17.9 Å². The highest BCUT2D eigenvalue weighted by Gasteiger charge is 2.26. The smallest absolute Gasteiger partial charge is 0.268 e. The van der Waals surface area contributed by atoms with Crippen molar-refractivity contribution < 1.29 is 9.18 Å². The zero-order chi connectivity index (χ0) is 22.1. The first-order valence-corrected chi connectivity index (χ1v) is 9.97. The summed E-state index contributed by atoms with van der Waals surface area (Å²) in [7, 11) is 0. The van der Waals surface area contributed by atoms with Crippen molar-refractivity contribution in [2.45, 2.75) is 13.8 Å². The van der Waals surface area contributed by atoms with Gasteiger partial charge in [-0.25, -0.2) is 9.37 Å². The van der Waals surface area contributed by atoms with E-state index in [4.69, 9.17) is 5.73 Å². The molecule has 4 rings (SSSR count). The average Bonchev–Trinajstić information content (AvgIpc) is 2.74. The van der Waals surface area contributed by atoms with Crippen molar-refractivity contribution in [2.75, 3.05) is 36.8 Å². The molecule has 2 aromatic heterocycles. The van der Waals surface area contributed by atoms with Gasteiger partial charge < -0.3 is 15.5 Å². The summed E-state index contributed by atoms with van der Waals surface area (Å²) in [6.45, 7) is 5.63. The summed E-state index contributed by atoms with van der Waals surface area (Å²) in [4.78, 5) is 38.4. The van der Waals surface area contributed by atoms with Gasteiger partial charge in [0.25, 0.3) is 11.5 Å². The van der Waals surface area contributed by atoms with Crippen molar-refractivity contribution in [1.29, 1.82) is 0 Å². The Balaban J connectivity index is 1.56. The van der Waals surface area contributed by atoms with Crippen LogP contribution in [-0.4, -0.2) is 51.5 Å². The lowest BCUT2D eigenvalue weighted by Gasteiger charge is -2.35. The highest BCUT2D eigenvalue weighted by atomic mass is 19.1. The number of amides is 1. The molecule has 1 aliphatic rings. The number of anilines is 2. The molecule has 0 atom stereocenters. The molecule has 3 heterocycles. The van der Waals surface area contributed by atoms with E-state index < -0.39 is 11.4 Å². The van der Waals surface area contributed by atoms with Crippen molar-refractivity contribution in [2.24, 2.45) is 0 Å². The van der Waals surface area contributed by atoms with Crippen LogP contribution in [0.2, 0.25) is 0 Å². The molecule has 0 aliphatic carbocycles. The van der Waals surface area contributed by atoms with Gasteiger partial charge in [0.05, 0.1) is 0 Å². The number of nitrogens with zero attached hydrogens (tertiary/aromatic N) is 5. The molecule has 9 heteroatoms. The minimum atomic E-state index is -0.418. The third kappa shape index (κ3) is 4.11.